The predicted octanol–water partition coefficient (Wildman–Crippen LogP) is 7.67. The van der Waals surface area contributed by atoms with E-state index in [1.165, 1.54) is 23.9 Å². The van der Waals surface area contributed by atoms with Gasteiger partial charge in [-0.3, -0.25) is 4.79 Å². The van der Waals surface area contributed by atoms with Gasteiger partial charge in [0.1, 0.15) is 4.90 Å². The van der Waals surface area contributed by atoms with E-state index in [1.54, 1.807) is 19.2 Å². The average Bonchev–Trinajstić information content (AvgIpc) is 3.35. The number of rotatable bonds is 19. The topological polar surface area (TPSA) is 172 Å². The third kappa shape index (κ3) is 13.1. The molecule has 0 saturated carbocycles. The summed E-state index contributed by atoms with van der Waals surface area (Å²) in [6.45, 7) is 5.27. The lowest BCUT2D eigenvalue weighted by Gasteiger charge is -2.37. The molecule has 5 aromatic rings. The summed E-state index contributed by atoms with van der Waals surface area (Å²) in [6.07, 6.45) is 0.906. The minimum Gasteiger partial charge on any atom is -0.395 e. The van der Waals surface area contributed by atoms with Gasteiger partial charge in [0.05, 0.1) is 23.3 Å². The molecule has 0 aliphatic carbocycles. The van der Waals surface area contributed by atoms with E-state index in [1.807, 2.05) is 64.2 Å². The number of carbonyl (C=O) groups is 1. The number of hydrogen-bond acceptors (Lipinski definition) is 13. The highest BCUT2D eigenvalue weighted by Gasteiger charge is 2.48. The number of piperazine rings is 1. The van der Waals surface area contributed by atoms with E-state index in [9.17, 15) is 45.0 Å². The molecule has 2 saturated heterocycles. The lowest BCUT2D eigenvalue weighted by Crippen LogP contribution is -2.43. The summed E-state index contributed by atoms with van der Waals surface area (Å²) in [5.41, 5.74) is -1.75. The zero-order valence-corrected chi connectivity index (χ0v) is 41.1. The predicted molar refractivity (Wildman–Crippen MR) is 266 cm³/mol. The second kappa shape index (κ2) is 22.9. The smallest absolute Gasteiger partial charge is 0.395 e. The molecule has 13 nitrogen and oxygen atoms in total. The van der Waals surface area contributed by atoms with Gasteiger partial charge < -0.3 is 35.5 Å². The molecule has 0 radical (unpaired) electrons. The number of aliphatic hydroxyl groups is 2. The van der Waals surface area contributed by atoms with Crippen LogP contribution in [0.3, 0.4) is 0 Å². The Bertz CT molecular complexity index is 2750. The van der Waals surface area contributed by atoms with Gasteiger partial charge in [0.2, 0.25) is 0 Å². The molecule has 2 heterocycles. The highest BCUT2D eigenvalue weighted by Crippen LogP contribution is 2.40. The second-order valence-corrected chi connectivity index (χ2v) is 22.3. The molecule has 2 atom stereocenters. The van der Waals surface area contributed by atoms with Gasteiger partial charge in [-0.05, 0) is 134 Å². The summed E-state index contributed by atoms with van der Waals surface area (Å²) in [7, 11) is -9.24. The molecule has 7 rings (SSSR count). The van der Waals surface area contributed by atoms with Gasteiger partial charge in [0.15, 0.2) is 0 Å². The molecule has 2 aliphatic rings. The zero-order chi connectivity index (χ0) is 49.3. The Labute approximate surface area is 411 Å². The highest BCUT2D eigenvalue weighted by molar-refractivity contribution is 7.99. The average molecular weight is 1030 g/mol. The number of alkyl halides is 3. The molecule has 1 amide bonds. The zero-order valence-electron chi connectivity index (χ0n) is 37.9. The van der Waals surface area contributed by atoms with Crippen molar-refractivity contribution < 1.29 is 45.0 Å². The van der Waals surface area contributed by atoms with E-state index in [-0.39, 0.29) is 18.1 Å². The van der Waals surface area contributed by atoms with Crippen LogP contribution < -0.4 is 25.2 Å². The standard InChI is InChI=1S/C49H56ClF3N6O7S3/c1-57(29-30-60)24-21-38(33-67-41-5-3-2-4-6-41)55-45-18-16-42(32-46(45)68(63,64)49(51,52)53)69(65,66)56-48(62)36-9-13-39(14-10-36)58-25-19-35(20-26-58)47(61)44-31-40(59-27-22-54-23-28-59)15-17-43(44)34-7-11-37(50)12-8-34/h2-18,31-32,35,38,47,54-55,60-61H,19-30,33H2,1H3,(H,56,62)/t38?,47-/m0/s1. The first-order chi connectivity index (χ1) is 32.9. The third-order valence-electron chi connectivity index (χ3n) is 12.5. The number of carbonyl (C=O) groups excluding carboxylic acids is 1. The minimum atomic E-state index is -6.10. The van der Waals surface area contributed by atoms with Crippen LogP contribution in [0.2, 0.25) is 5.02 Å². The van der Waals surface area contributed by atoms with E-state index in [2.05, 4.69) is 38.6 Å². The fourth-order valence-corrected chi connectivity index (χ4v) is 11.7. The van der Waals surface area contributed by atoms with Crippen LogP contribution in [0.1, 0.15) is 41.3 Å². The van der Waals surface area contributed by atoms with Gasteiger partial charge in [0.25, 0.3) is 25.8 Å². The van der Waals surface area contributed by atoms with Gasteiger partial charge >= 0.3 is 5.51 Å². The molecular formula is C49H56ClF3N6O7S3. The number of benzene rings is 5. The van der Waals surface area contributed by atoms with Crippen molar-refractivity contribution in [3.8, 4) is 11.1 Å². The first kappa shape index (κ1) is 52.0. The number of sulfone groups is 1. The molecular weight excluding hydrogens is 973 g/mol. The van der Waals surface area contributed by atoms with Crippen LogP contribution in [-0.2, 0) is 19.9 Å². The van der Waals surface area contributed by atoms with Gasteiger partial charge in [-0.25, -0.2) is 21.6 Å². The van der Waals surface area contributed by atoms with Crippen molar-refractivity contribution in [3.05, 3.63) is 131 Å². The molecule has 0 spiro atoms. The Morgan fingerprint density at radius 1 is 0.855 bits per heavy atom. The number of amides is 1. The van der Waals surface area contributed by atoms with Gasteiger partial charge in [-0.2, -0.15) is 13.2 Å². The van der Waals surface area contributed by atoms with Crippen LogP contribution in [0.5, 0.6) is 0 Å². The number of thioether (sulfide) groups is 1. The van der Waals surface area contributed by atoms with E-state index in [0.29, 0.717) is 62.3 Å². The number of nitrogens with one attached hydrogen (secondary N) is 3. The monoisotopic (exact) mass is 1030 g/mol. The van der Waals surface area contributed by atoms with Gasteiger partial charge in [-0.15, -0.1) is 11.8 Å². The largest absolute Gasteiger partial charge is 0.501 e. The molecule has 1 unspecified atom stereocenters. The van der Waals surface area contributed by atoms with Crippen LogP contribution in [0.15, 0.2) is 130 Å². The number of anilines is 3. The fourth-order valence-electron chi connectivity index (χ4n) is 8.52. The number of aliphatic hydroxyl groups excluding tert-OH is 2. The Balaban J connectivity index is 1.03. The first-order valence-corrected chi connectivity index (χ1v) is 26.9. The lowest BCUT2D eigenvalue weighted by molar-refractivity contribution is -0.0435. The molecule has 20 heteroatoms. The summed E-state index contributed by atoms with van der Waals surface area (Å²) in [4.78, 5) is 18.3. The van der Waals surface area contributed by atoms with E-state index >= 15 is 0 Å². The van der Waals surface area contributed by atoms with Crippen molar-refractivity contribution >= 4 is 66.2 Å². The van der Waals surface area contributed by atoms with E-state index in [0.717, 1.165) is 71.3 Å². The summed E-state index contributed by atoms with van der Waals surface area (Å²) in [6, 6.07) is 30.9. The van der Waals surface area contributed by atoms with Crippen LogP contribution >= 0.6 is 23.4 Å². The summed E-state index contributed by atoms with van der Waals surface area (Å²) < 4.78 is 97.6. The van der Waals surface area contributed by atoms with Crippen molar-refractivity contribution in [2.75, 3.05) is 86.9 Å². The Morgan fingerprint density at radius 2 is 1.51 bits per heavy atom. The van der Waals surface area contributed by atoms with Crippen molar-refractivity contribution in [3.63, 3.8) is 0 Å². The van der Waals surface area contributed by atoms with E-state index < -0.39 is 58.9 Å². The molecule has 2 fully saturated rings. The van der Waals surface area contributed by atoms with Crippen LogP contribution in [0, 0.1) is 5.92 Å². The van der Waals surface area contributed by atoms with Crippen molar-refractivity contribution in [1.82, 2.24) is 14.9 Å². The number of nitrogens with zero attached hydrogens (tertiary/aromatic N) is 3. The van der Waals surface area contributed by atoms with Gasteiger partial charge in [0, 0.05) is 84.5 Å². The molecule has 0 bridgehead atoms. The number of piperidine rings is 1. The molecule has 2 aliphatic heterocycles. The fraction of sp³-hybridized carbons (Fsp3) is 0.367. The maximum absolute atomic E-state index is 14.2. The molecule has 0 aromatic heterocycles. The Hall–Kier alpha value is -4.86. The first-order valence-electron chi connectivity index (χ1n) is 22.6. The third-order valence-corrected chi connectivity index (χ3v) is 16.7. The maximum atomic E-state index is 14.2. The van der Waals surface area contributed by atoms with Crippen LogP contribution in [-0.4, -0.2) is 121 Å². The SMILES string of the molecule is CN(CCO)CCC(CSc1ccccc1)Nc1ccc(S(=O)(=O)NC(=O)c2ccc(N3CCC([C@H](O)c4cc(N5CCNCC5)ccc4-c4ccc(Cl)cc4)CC3)cc2)cc1S(=O)(=O)C(F)(F)F. The summed E-state index contributed by atoms with van der Waals surface area (Å²) in [5, 5.41) is 28.3. The van der Waals surface area contributed by atoms with Crippen LogP contribution in [0.4, 0.5) is 30.2 Å². The minimum absolute atomic E-state index is 0.0539. The lowest BCUT2D eigenvalue weighted by atomic mass is 9.84. The summed E-state index contributed by atoms with van der Waals surface area (Å²) in [5.74, 6) is -0.824. The van der Waals surface area contributed by atoms with Crippen molar-refractivity contribution in [2.24, 2.45) is 5.92 Å². The number of halogens is 4. The number of likely N-dealkylation sites (N-methyl/N-ethyl adjacent to an activating group) is 1. The normalized spacial score (nSPS) is 16.1. The maximum Gasteiger partial charge on any atom is 0.501 e. The van der Waals surface area contributed by atoms with Crippen molar-refractivity contribution in [1.29, 1.82) is 0 Å². The Morgan fingerprint density at radius 3 is 2.16 bits per heavy atom. The van der Waals surface area contributed by atoms with Gasteiger partial charge in [-0.1, -0.05) is 48.0 Å². The number of hydrogen-bond donors (Lipinski definition) is 5. The molecule has 69 heavy (non-hydrogen) atoms. The Kier molecular flexibility index (Phi) is 17.3. The second-order valence-electron chi connectivity index (χ2n) is 17.2. The number of sulfonamides is 1. The van der Waals surface area contributed by atoms with E-state index in [4.69, 9.17) is 11.6 Å². The highest BCUT2D eigenvalue weighted by atomic mass is 35.5. The molecule has 5 N–H and O–H groups in total. The summed E-state index contributed by atoms with van der Waals surface area (Å²) >= 11 is 7.60. The molecule has 370 valence electrons. The molecule has 5 aromatic carbocycles. The van der Waals surface area contributed by atoms with Crippen molar-refractivity contribution in [2.45, 2.75) is 51.6 Å². The van der Waals surface area contributed by atoms with Crippen LogP contribution in [0.25, 0.3) is 11.1 Å². The quantitative estimate of drug-likeness (QED) is 0.0512.